The first-order valence-corrected chi connectivity index (χ1v) is 5.18. The molecule has 1 aromatic heterocycles. The van der Waals surface area contributed by atoms with Crippen molar-refractivity contribution in [3.63, 3.8) is 0 Å². The molecule has 0 saturated heterocycles. The van der Waals surface area contributed by atoms with Crippen molar-refractivity contribution in [2.24, 2.45) is 0 Å². The molecule has 15 heavy (non-hydrogen) atoms. The largest absolute Gasteiger partial charge is 0.349 e. The van der Waals surface area contributed by atoms with Gasteiger partial charge < -0.3 is 5.32 Å². The summed E-state index contributed by atoms with van der Waals surface area (Å²) < 4.78 is 0. The molecular formula is C11H15BN2O. The Morgan fingerprint density at radius 2 is 2.27 bits per heavy atom. The number of hydrogen-bond acceptors (Lipinski definition) is 2. The first kappa shape index (κ1) is 11.8. The van der Waals surface area contributed by atoms with Crippen LogP contribution in [-0.4, -0.2) is 18.7 Å². The van der Waals surface area contributed by atoms with Crippen molar-refractivity contribution >= 4 is 19.3 Å². The summed E-state index contributed by atoms with van der Waals surface area (Å²) in [6.45, 7) is 3.86. The third kappa shape index (κ3) is 3.38. The zero-order valence-corrected chi connectivity index (χ0v) is 9.16. The average Bonchev–Trinajstić information content (AvgIpc) is 2.27. The molecule has 0 aliphatic carbocycles. The summed E-state index contributed by atoms with van der Waals surface area (Å²) in [6.07, 6.45) is 3.05. The smallest absolute Gasteiger partial charge is 0.220 e. The highest BCUT2D eigenvalue weighted by molar-refractivity contribution is 6.30. The van der Waals surface area contributed by atoms with E-state index >= 15 is 0 Å². The lowest BCUT2D eigenvalue weighted by Gasteiger charge is -2.16. The normalized spacial score (nSPS) is 12.1. The summed E-state index contributed by atoms with van der Waals surface area (Å²) in [7, 11) is 5.50. The van der Waals surface area contributed by atoms with E-state index in [9.17, 15) is 4.79 Å². The molecule has 2 radical (unpaired) electrons. The van der Waals surface area contributed by atoms with E-state index in [0.29, 0.717) is 12.0 Å². The summed E-state index contributed by atoms with van der Waals surface area (Å²) in [6, 6.07) is 3.67. The molecule has 0 aromatic carbocycles. The van der Waals surface area contributed by atoms with Gasteiger partial charge in [0, 0.05) is 12.6 Å². The first-order valence-electron chi connectivity index (χ1n) is 5.18. The van der Waals surface area contributed by atoms with Crippen molar-refractivity contribution in [2.75, 3.05) is 0 Å². The maximum atomic E-state index is 11.3. The number of pyridine rings is 1. The first-order chi connectivity index (χ1) is 7.17. The van der Waals surface area contributed by atoms with Gasteiger partial charge in [0.15, 0.2) is 0 Å². The van der Waals surface area contributed by atoms with Crippen molar-refractivity contribution in [3.8, 4) is 0 Å². The van der Waals surface area contributed by atoms with Gasteiger partial charge in [-0.25, -0.2) is 0 Å². The molecule has 0 fully saturated rings. The number of amides is 1. The minimum atomic E-state index is 0.0329. The molecule has 4 heteroatoms. The number of carbonyl (C=O) groups is 1. The molecule has 1 aromatic rings. The molecule has 1 heterocycles. The Bertz CT molecular complexity index is 324. The van der Waals surface area contributed by atoms with Gasteiger partial charge in [-0.2, -0.15) is 0 Å². The highest BCUT2D eigenvalue weighted by Crippen LogP contribution is 2.14. The van der Waals surface area contributed by atoms with Crippen LogP contribution in [0.1, 0.15) is 38.3 Å². The summed E-state index contributed by atoms with van der Waals surface area (Å²) in [5.41, 5.74) is 1.49. The average molecular weight is 202 g/mol. The Kier molecular flexibility index (Phi) is 4.34. The lowest BCUT2D eigenvalue weighted by atomic mass is 10.0. The second-order valence-corrected chi connectivity index (χ2v) is 3.40. The van der Waals surface area contributed by atoms with Crippen molar-refractivity contribution < 1.29 is 4.79 Å². The second kappa shape index (κ2) is 5.54. The Hall–Kier alpha value is -1.32. The van der Waals surface area contributed by atoms with Crippen LogP contribution in [0.5, 0.6) is 0 Å². The number of nitrogens with one attached hydrogen (secondary N) is 1. The van der Waals surface area contributed by atoms with E-state index in [-0.39, 0.29) is 11.9 Å². The molecule has 1 N–H and O–H groups in total. The molecule has 0 aliphatic rings. The maximum Gasteiger partial charge on any atom is 0.220 e. The third-order valence-electron chi connectivity index (χ3n) is 2.28. The van der Waals surface area contributed by atoms with Crippen LogP contribution in [0.15, 0.2) is 18.3 Å². The third-order valence-corrected chi connectivity index (χ3v) is 2.28. The minimum absolute atomic E-state index is 0.0329. The van der Waals surface area contributed by atoms with Crippen LogP contribution >= 0.6 is 0 Å². The van der Waals surface area contributed by atoms with Crippen LogP contribution in [0.25, 0.3) is 0 Å². The molecule has 1 rings (SSSR count). The van der Waals surface area contributed by atoms with E-state index in [0.717, 1.165) is 12.0 Å². The molecule has 0 aliphatic heterocycles. The van der Waals surface area contributed by atoms with Crippen molar-refractivity contribution in [2.45, 2.75) is 32.7 Å². The summed E-state index contributed by atoms with van der Waals surface area (Å²) in [4.78, 5) is 15.3. The summed E-state index contributed by atoms with van der Waals surface area (Å²) in [5.74, 6) is 0.0543. The molecule has 3 nitrogen and oxygen atoms in total. The van der Waals surface area contributed by atoms with E-state index in [4.69, 9.17) is 7.85 Å². The van der Waals surface area contributed by atoms with Crippen LogP contribution < -0.4 is 10.9 Å². The highest BCUT2D eigenvalue weighted by Gasteiger charge is 2.11. The number of nitrogens with zero attached hydrogens (tertiary/aromatic N) is 1. The molecular weight excluding hydrogens is 187 g/mol. The quantitative estimate of drug-likeness (QED) is 0.735. The Morgan fingerprint density at radius 3 is 2.73 bits per heavy atom. The molecule has 0 bridgehead atoms. The minimum Gasteiger partial charge on any atom is -0.349 e. The van der Waals surface area contributed by atoms with Gasteiger partial charge in [0.05, 0.1) is 6.04 Å². The monoisotopic (exact) mass is 202 g/mol. The number of aromatic nitrogens is 1. The summed E-state index contributed by atoms with van der Waals surface area (Å²) >= 11 is 0. The van der Waals surface area contributed by atoms with E-state index in [2.05, 4.69) is 10.3 Å². The van der Waals surface area contributed by atoms with Crippen LogP contribution in [-0.2, 0) is 4.79 Å². The molecule has 1 atom stereocenters. The molecule has 1 amide bonds. The van der Waals surface area contributed by atoms with Crippen molar-refractivity contribution in [1.82, 2.24) is 10.3 Å². The van der Waals surface area contributed by atoms with Gasteiger partial charge in [-0.1, -0.05) is 26.0 Å². The highest BCUT2D eigenvalue weighted by atomic mass is 16.1. The van der Waals surface area contributed by atoms with Gasteiger partial charge in [0.1, 0.15) is 7.85 Å². The molecule has 0 saturated carbocycles. The zero-order valence-electron chi connectivity index (χ0n) is 9.16. The SMILES string of the molecule is [B]c1ccc(C(CC)NC(=O)CC)cn1. The Labute approximate surface area is 91.7 Å². The standard InChI is InChI=1S/C11H15BN2O/c1-3-9(14-11(15)4-2)8-5-6-10(12)13-7-8/h5-7,9H,3-4H2,1-2H3,(H,14,15). The van der Waals surface area contributed by atoms with E-state index in [1.54, 1.807) is 12.3 Å². The molecule has 78 valence electrons. The second-order valence-electron chi connectivity index (χ2n) is 3.40. The fourth-order valence-electron chi connectivity index (χ4n) is 1.34. The van der Waals surface area contributed by atoms with Gasteiger partial charge in [0.2, 0.25) is 5.91 Å². The van der Waals surface area contributed by atoms with Crippen LogP contribution in [0, 0.1) is 0 Å². The summed E-state index contributed by atoms with van der Waals surface area (Å²) in [5, 5.41) is 2.93. The predicted molar refractivity (Wildman–Crippen MR) is 61.1 cm³/mol. The van der Waals surface area contributed by atoms with Gasteiger partial charge in [-0.05, 0) is 17.6 Å². The lowest BCUT2D eigenvalue weighted by molar-refractivity contribution is -0.121. The van der Waals surface area contributed by atoms with Gasteiger partial charge in [-0.3, -0.25) is 9.78 Å². The Morgan fingerprint density at radius 1 is 1.53 bits per heavy atom. The number of hydrogen-bond donors (Lipinski definition) is 1. The predicted octanol–water partition coefficient (Wildman–Crippen LogP) is 0.853. The van der Waals surface area contributed by atoms with E-state index in [1.165, 1.54) is 0 Å². The molecule has 1 unspecified atom stereocenters. The zero-order chi connectivity index (χ0) is 11.3. The van der Waals surface area contributed by atoms with Crippen LogP contribution in [0.2, 0.25) is 0 Å². The van der Waals surface area contributed by atoms with Crippen LogP contribution in [0.3, 0.4) is 0 Å². The lowest BCUT2D eigenvalue weighted by Crippen LogP contribution is -2.27. The fourth-order valence-corrected chi connectivity index (χ4v) is 1.34. The van der Waals surface area contributed by atoms with E-state index < -0.39 is 0 Å². The van der Waals surface area contributed by atoms with Gasteiger partial charge >= 0.3 is 0 Å². The molecule has 0 spiro atoms. The number of carbonyl (C=O) groups excluding carboxylic acids is 1. The fraction of sp³-hybridized carbons (Fsp3) is 0.455. The van der Waals surface area contributed by atoms with Crippen LogP contribution in [0.4, 0.5) is 0 Å². The van der Waals surface area contributed by atoms with Gasteiger partial charge in [-0.15, -0.1) is 0 Å². The van der Waals surface area contributed by atoms with Crippen molar-refractivity contribution in [3.05, 3.63) is 23.9 Å². The van der Waals surface area contributed by atoms with E-state index in [1.807, 2.05) is 19.9 Å². The topological polar surface area (TPSA) is 42.0 Å². The van der Waals surface area contributed by atoms with Crippen molar-refractivity contribution in [1.29, 1.82) is 0 Å². The maximum absolute atomic E-state index is 11.3. The van der Waals surface area contributed by atoms with Gasteiger partial charge in [0.25, 0.3) is 0 Å². The Balaban J connectivity index is 2.74. The number of rotatable bonds is 4.